The minimum absolute atomic E-state index is 0.0553. The van der Waals surface area contributed by atoms with Crippen molar-refractivity contribution in [3.05, 3.63) is 24.3 Å². The standard InChI is InChI=1S/C18H26N2O5S/c1-6-24-13-7-9-14(10-8-13)26-11-15(21)25-12(2)16(22)19-17(23)20-18(3,4)5/h7-10,12H,6,11H2,1-5H3,(H2,19,20,22,23)/t12-/m0/s1. The molecule has 0 aromatic heterocycles. The van der Waals surface area contributed by atoms with E-state index in [0.29, 0.717) is 6.61 Å². The number of hydrogen-bond donors (Lipinski definition) is 2. The Morgan fingerprint density at radius 3 is 2.31 bits per heavy atom. The fourth-order valence-electron chi connectivity index (χ4n) is 1.81. The van der Waals surface area contributed by atoms with Gasteiger partial charge in [-0.25, -0.2) is 4.79 Å². The highest BCUT2D eigenvalue weighted by molar-refractivity contribution is 8.00. The minimum atomic E-state index is -1.06. The molecule has 0 spiro atoms. The highest BCUT2D eigenvalue weighted by atomic mass is 32.2. The van der Waals surface area contributed by atoms with E-state index in [9.17, 15) is 14.4 Å². The molecule has 0 fully saturated rings. The zero-order chi connectivity index (χ0) is 19.7. The van der Waals surface area contributed by atoms with Crippen LogP contribution in [0.4, 0.5) is 4.79 Å². The van der Waals surface area contributed by atoms with Gasteiger partial charge in [-0.3, -0.25) is 14.9 Å². The number of hydrogen-bond acceptors (Lipinski definition) is 6. The molecule has 1 aromatic rings. The molecule has 0 saturated heterocycles. The van der Waals surface area contributed by atoms with Crippen LogP contribution in [0.15, 0.2) is 29.2 Å². The van der Waals surface area contributed by atoms with Gasteiger partial charge in [-0.05, 0) is 58.9 Å². The monoisotopic (exact) mass is 382 g/mol. The normalized spacial score (nSPS) is 12.0. The minimum Gasteiger partial charge on any atom is -0.494 e. The zero-order valence-electron chi connectivity index (χ0n) is 15.8. The van der Waals surface area contributed by atoms with Gasteiger partial charge in [-0.15, -0.1) is 11.8 Å². The highest BCUT2D eigenvalue weighted by Crippen LogP contribution is 2.21. The van der Waals surface area contributed by atoms with Gasteiger partial charge in [0.2, 0.25) is 0 Å². The fraction of sp³-hybridized carbons (Fsp3) is 0.500. The summed E-state index contributed by atoms with van der Waals surface area (Å²) in [5, 5.41) is 4.74. The van der Waals surface area contributed by atoms with Gasteiger partial charge in [-0.2, -0.15) is 0 Å². The van der Waals surface area contributed by atoms with Crippen molar-refractivity contribution in [1.29, 1.82) is 0 Å². The lowest BCUT2D eigenvalue weighted by atomic mass is 10.1. The molecule has 0 saturated carbocycles. The van der Waals surface area contributed by atoms with E-state index in [0.717, 1.165) is 10.6 Å². The molecule has 0 bridgehead atoms. The van der Waals surface area contributed by atoms with Crippen LogP contribution in [-0.2, 0) is 14.3 Å². The number of nitrogens with one attached hydrogen (secondary N) is 2. The molecule has 0 aliphatic heterocycles. The smallest absolute Gasteiger partial charge is 0.321 e. The van der Waals surface area contributed by atoms with E-state index in [1.165, 1.54) is 18.7 Å². The molecule has 1 aromatic carbocycles. The third-order valence-electron chi connectivity index (χ3n) is 2.89. The second-order valence-corrected chi connectivity index (χ2v) is 7.57. The van der Waals surface area contributed by atoms with Gasteiger partial charge in [0.25, 0.3) is 5.91 Å². The van der Waals surface area contributed by atoms with E-state index in [2.05, 4.69) is 10.6 Å². The largest absolute Gasteiger partial charge is 0.494 e. The predicted molar refractivity (Wildman–Crippen MR) is 100 cm³/mol. The third kappa shape index (κ3) is 8.75. The fourth-order valence-corrected chi connectivity index (χ4v) is 2.49. The van der Waals surface area contributed by atoms with Gasteiger partial charge >= 0.3 is 12.0 Å². The number of imide groups is 1. The van der Waals surface area contributed by atoms with Crippen LogP contribution in [0.5, 0.6) is 5.75 Å². The van der Waals surface area contributed by atoms with Crippen molar-refractivity contribution in [2.75, 3.05) is 12.4 Å². The summed E-state index contributed by atoms with van der Waals surface area (Å²) in [5.41, 5.74) is -0.474. The van der Waals surface area contributed by atoms with Gasteiger partial charge < -0.3 is 14.8 Å². The Balaban J connectivity index is 2.39. The molecule has 0 heterocycles. The van der Waals surface area contributed by atoms with Crippen LogP contribution >= 0.6 is 11.8 Å². The van der Waals surface area contributed by atoms with Crippen molar-refractivity contribution in [3.63, 3.8) is 0 Å². The van der Waals surface area contributed by atoms with Crippen molar-refractivity contribution in [3.8, 4) is 5.75 Å². The van der Waals surface area contributed by atoms with E-state index < -0.39 is 29.6 Å². The van der Waals surface area contributed by atoms with Crippen molar-refractivity contribution in [2.45, 2.75) is 51.2 Å². The van der Waals surface area contributed by atoms with Crippen LogP contribution in [0.25, 0.3) is 0 Å². The van der Waals surface area contributed by atoms with Crippen molar-refractivity contribution < 1.29 is 23.9 Å². The number of rotatable bonds is 7. The van der Waals surface area contributed by atoms with E-state index in [1.54, 1.807) is 20.8 Å². The van der Waals surface area contributed by atoms with E-state index in [-0.39, 0.29) is 5.75 Å². The lowest BCUT2D eigenvalue weighted by Crippen LogP contribution is -2.50. The van der Waals surface area contributed by atoms with E-state index >= 15 is 0 Å². The maximum absolute atomic E-state index is 11.9. The number of urea groups is 1. The Morgan fingerprint density at radius 2 is 1.77 bits per heavy atom. The number of esters is 1. The van der Waals surface area contributed by atoms with Crippen LogP contribution in [0, 0.1) is 0 Å². The number of thioether (sulfide) groups is 1. The van der Waals surface area contributed by atoms with Gasteiger partial charge in [0.15, 0.2) is 6.10 Å². The first-order valence-corrected chi connectivity index (χ1v) is 9.27. The predicted octanol–water partition coefficient (Wildman–Crippen LogP) is 2.73. The van der Waals surface area contributed by atoms with Gasteiger partial charge in [0.05, 0.1) is 12.4 Å². The first kappa shape index (κ1) is 21.8. The average Bonchev–Trinajstić information content (AvgIpc) is 2.52. The topological polar surface area (TPSA) is 93.7 Å². The lowest BCUT2D eigenvalue weighted by Gasteiger charge is -2.21. The molecular weight excluding hydrogens is 356 g/mol. The summed E-state index contributed by atoms with van der Waals surface area (Å²) in [4.78, 5) is 36.3. The van der Waals surface area contributed by atoms with Crippen molar-refractivity contribution in [2.24, 2.45) is 0 Å². The Bertz CT molecular complexity index is 625. The molecule has 7 nitrogen and oxygen atoms in total. The molecule has 2 N–H and O–H groups in total. The molecule has 0 radical (unpaired) electrons. The second-order valence-electron chi connectivity index (χ2n) is 6.52. The molecule has 3 amide bonds. The second kappa shape index (κ2) is 10.1. The molecule has 0 unspecified atom stereocenters. The van der Waals surface area contributed by atoms with Crippen molar-refractivity contribution >= 4 is 29.7 Å². The number of carbonyl (C=O) groups excluding carboxylic acids is 3. The number of carbonyl (C=O) groups is 3. The van der Waals surface area contributed by atoms with E-state index in [4.69, 9.17) is 9.47 Å². The SMILES string of the molecule is CCOc1ccc(SCC(=O)O[C@@H](C)C(=O)NC(=O)NC(C)(C)C)cc1. The first-order chi connectivity index (χ1) is 12.1. The maximum Gasteiger partial charge on any atom is 0.321 e. The summed E-state index contributed by atoms with van der Waals surface area (Å²) in [6, 6.07) is 6.70. The summed E-state index contributed by atoms with van der Waals surface area (Å²) in [6.45, 7) is 9.28. The molecular formula is C18H26N2O5S. The highest BCUT2D eigenvalue weighted by Gasteiger charge is 2.22. The average molecular weight is 382 g/mol. The van der Waals surface area contributed by atoms with Crippen LogP contribution in [0.3, 0.4) is 0 Å². The number of benzene rings is 1. The Morgan fingerprint density at radius 1 is 1.15 bits per heavy atom. The maximum atomic E-state index is 11.9. The van der Waals surface area contributed by atoms with Gasteiger partial charge in [0, 0.05) is 10.4 Å². The van der Waals surface area contributed by atoms with Crippen LogP contribution in [-0.4, -0.2) is 41.9 Å². The summed E-state index contributed by atoms with van der Waals surface area (Å²) in [6.07, 6.45) is -1.06. The molecule has 144 valence electrons. The molecule has 1 atom stereocenters. The lowest BCUT2D eigenvalue weighted by molar-refractivity contribution is -0.151. The molecule has 0 aliphatic rings. The third-order valence-corrected chi connectivity index (χ3v) is 3.88. The Hall–Kier alpha value is -2.22. The summed E-state index contributed by atoms with van der Waals surface area (Å²) in [5.74, 6) is -0.396. The van der Waals surface area contributed by atoms with Crippen molar-refractivity contribution in [1.82, 2.24) is 10.6 Å². The molecule has 8 heteroatoms. The number of ether oxygens (including phenoxy) is 2. The zero-order valence-corrected chi connectivity index (χ0v) is 16.6. The Labute approximate surface area is 158 Å². The summed E-state index contributed by atoms with van der Waals surface area (Å²) < 4.78 is 10.4. The number of amides is 3. The molecule has 0 aliphatic carbocycles. The summed E-state index contributed by atoms with van der Waals surface area (Å²) in [7, 11) is 0. The van der Waals surface area contributed by atoms with Gasteiger partial charge in [-0.1, -0.05) is 0 Å². The first-order valence-electron chi connectivity index (χ1n) is 8.29. The quantitative estimate of drug-likeness (QED) is 0.556. The Kier molecular flexibility index (Phi) is 8.44. The van der Waals surface area contributed by atoms with Crippen LogP contribution in [0.1, 0.15) is 34.6 Å². The molecule has 1 rings (SSSR count). The van der Waals surface area contributed by atoms with Gasteiger partial charge in [0.1, 0.15) is 5.75 Å². The summed E-state index contributed by atoms with van der Waals surface area (Å²) >= 11 is 1.29. The van der Waals surface area contributed by atoms with Crippen LogP contribution in [0.2, 0.25) is 0 Å². The molecule has 26 heavy (non-hydrogen) atoms. The van der Waals surface area contributed by atoms with E-state index in [1.807, 2.05) is 31.2 Å². The van der Waals surface area contributed by atoms with Crippen LogP contribution < -0.4 is 15.4 Å².